The lowest BCUT2D eigenvalue weighted by Crippen LogP contribution is -2.02. The number of hydrogen-bond acceptors (Lipinski definition) is 5. The molecule has 0 heterocycles. The summed E-state index contributed by atoms with van der Waals surface area (Å²) in [5, 5.41) is 27.4. The summed E-state index contributed by atoms with van der Waals surface area (Å²) in [6.45, 7) is 10.1. The minimum Gasteiger partial charge on any atom is -0.508 e. The summed E-state index contributed by atoms with van der Waals surface area (Å²) in [6, 6.07) is 4.35. The van der Waals surface area contributed by atoms with Crippen LogP contribution in [0.4, 0.5) is 0 Å². The third kappa shape index (κ3) is 12.5. The van der Waals surface area contributed by atoms with E-state index >= 15 is 0 Å². The molecule has 1 unspecified atom stereocenters. The second kappa shape index (κ2) is 14.6. The largest absolute Gasteiger partial charge is 0.508 e. The first kappa shape index (κ1) is 24.5. The number of unbranched alkanes of at least 4 members (excludes halogenated alkanes) is 1. The van der Waals surface area contributed by atoms with Gasteiger partial charge in [0.05, 0.1) is 6.61 Å². The summed E-state index contributed by atoms with van der Waals surface area (Å²) in [4.78, 5) is 14.0. The average molecular weight is 379 g/mol. The van der Waals surface area contributed by atoms with E-state index < -0.39 is 5.09 Å². The fourth-order valence-electron chi connectivity index (χ4n) is 2.57. The Hall–Kier alpha value is -2.50. The van der Waals surface area contributed by atoms with Crippen molar-refractivity contribution in [2.75, 3.05) is 6.61 Å². The van der Waals surface area contributed by atoms with Gasteiger partial charge in [-0.25, -0.2) is 0 Å². The van der Waals surface area contributed by atoms with Crippen LogP contribution in [0.1, 0.15) is 58.4 Å². The molecule has 0 bridgehead atoms. The quantitative estimate of drug-likeness (QED) is 0.279. The molecule has 27 heavy (non-hydrogen) atoms. The maximum absolute atomic E-state index is 9.84. The molecular formula is C21H33NO5. The summed E-state index contributed by atoms with van der Waals surface area (Å²) in [5.74, 6) is 0.779. The monoisotopic (exact) mass is 379 g/mol. The zero-order chi connectivity index (χ0) is 20.7. The molecule has 0 radical (unpaired) electrons. The van der Waals surface area contributed by atoms with Gasteiger partial charge in [-0.3, -0.25) is 0 Å². The molecule has 1 aliphatic carbocycles. The molecule has 6 nitrogen and oxygen atoms in total. The van der Waals surface area contributed by atoms with Crippen molar-refractivity contribution < 1.29 is 20.1 Å². The fourth-order valence-corrected chi connectivity index (χ4v) is 2.57. The van der Waals surface area contributed by atoms with Crippen molar-refractivity contribution in [3.8, 4) is 11.5 Å². The summed E-state index contributed by atoms with van der Waals surface area (Å²) in [6.07, 6.45) is 10.1. The molecule has 6 heteroatoms. The van der Waals surface area contributed by atoms with E-state index in [9.17, 15) is 20.3 Å². The first-order chi connectivity index (χ1) is 12.9. The number of rotatable bonds is 7. The molecule has 0 amide bonds. The first-order valence-corrected chi connectivity index (χ1v) is 9.48. The highest BCUT2D eigenvalue weighted by molar-refractivity contribution is 5.36. The van der Waals surface area contributed by atoms with Crippen molar-refractivity contribution in [3.05, 3.63) is 58.2 Å². The maximum Gasteiger partial charge on any atom is 0.294 e. The van der Waals surface area contributed by atoms with Crippen LogP contribution in [-0.4, -0.2) is 21.9 Å². The molecule has 152 valence electrons. The smallest absolute Gasteiger partial charge is 0.294 e. The SMILES string of the molecule is C=CC1CC=C(C)CC1.CC.O=[N+]([O-])OCCCCc1cc(O)cc(O)c1. The van der Waals surface area contributed by atoms with Crippen LogP contribution in [0.2, 0.25) is 0 Å². The number of aryl methyl sites for hydroxylation is 1. The van der Waals surface area contributed by atoms with Crippen molar-refractivity contribution in [1.82, 2.24) is 0 Å². The lowest BCUT2D eigenvalue weighted by Gasteiger charge is -2.15. The summed E-state index contributed by atoms with van der Waals surface area (Å²) in [7, 11) is 0. The van der Waals surface area contributed by atoms with Crippen molar-refractivity contribution in [2.45, 2.75) is 59.3 Å². The van der Waals surface area contributed by atoms with Gasteiger partial charge >= 0.3 is 0 Å². The Balaban J connectivity index is 0.000000519. The van der Waals surface area contributed by atoms with Crippen molar-refractivity contribution in [1.29, 1.82) is 0 Å². The van der Waals surface area contributed by atoms with Gasteiger partial charge in [-0.1, -0.05) is 31.6 Å². The highest BCUT2D eigenvalue weighted by atomic mass is 16.9. The van der Waals surface area contributed by atoms with Gasteiger partial charge in [-0.05, 0) is 69.1 Å². The van der Waals surface area contributed by atoms with Crippen LogP contribution < -0.4 is 0 Å². The number of phenols is 2. The van der Waals surface area contributed by atoms with Gasteiger partial charge in [-0.15, -0.1) is 16.7 Å². The second-order valence-electron chi connectivity index (χ2n) is 6.19. The summed E-state index contributed by atoms with van der Waals surface area (Å²) >= 11 is 0. The molecule has 0 saturated carbocycles. The molecule has 0 aliphatic heterocycles. The van der Waals surface area contributed by atoms with Gasteiger partial charge in [0.2, 0.25) is 0 Å². The molecule has 0 spiro atoms. The van der Waals surface area contributed by atoms with Gasteiger partial charge in [0.1, 0.15) is 11.5 Å². The molecule has 2 N–H and O–H groups in total. The number of hydrogen-bond donors (Lipinski definition) is 2. The molecule has 2 rings (SSSR count). The van der Waals surface area contributed by atoms with E-state index in [1.54, 1.807) is 17.7 Å². The van der Waals surface area contributed by atoms with Crippen LogP contribution in [0.15, 0.2) is 42.5 Å². The van der Waals surface area contributed by atoms with Gasteiger partial charge in [-0.2, -0.15) is 0 Å². The lowest BCUT2D eigenvalue weighted by molar-refractivity contribution is -0.757. The summed E-state index contributed by atoms with van der Waals surface area (Å²) < 4.78 is 0. The van der Waals surface area contributed by atoms with E-state index in [1.807, 2.05) is 13.8 Å². The third-order valence-electron chi connectivity index (χ3n) is 4.03. The second-order valence-corrected chi connectivity index (χ2v) is 6.19. The molecule has 0 fully saturated rings. The number of phenolic OH excluding ortho intramolecular Hbond substituents is 2. The normalized spacial score (nSPS) is 15.2. The average Bonchev–Trinajstić information content (AvgIpc) is 2.63. The van der Waals surface area contributed by atoms with Crippen LogP contribution in [0.5, 0.6) is 11.5 Å². The van der Waals surface area contributed by atoms with Crippen LogP contribution in [0, 0.1) is 16.0 Å². The minimum atomic E-state index is -0.819. The standard InChI is InChI=1S/C10H13NO5.C9H14.C2H6/c12-9-5-8(6-10(13)7-9)3-1-2-4-16-11(14)15;1-3-9-6-4-8(2)5-7-9;1-2/h5-7,12-13H,1-4H2;3-4,9H,1,5-7H2,2H3;1-2H3. The number of benzene rings is 1. The highest BCUT2D eigenvalue weighted by Gasteiger charge is 2.07. The third-order valence-corrected chi connectivity index (χ3v) is 4.03. The summed E-state index contributed by atoms with van der Waals surface area (Å²) in [5.41, 5.74) is 2.34. The van der Waals surface area contributed by atoms with Gasteiger partial charge in [0, 0.05) is 6.07 Å². The van der Waals surface area contributed by atoms with Crippen molar-refractivity contribution in [2.24, 2.45) is 5.92 Å². The molecular weight excluding hydrogens is 346 g/mol. The van der Waals surface area contributed by atoms with Crippen LogP contribution >= 0.6 is 0 Å². The van der Waals surface area contributed by atoms with E-state index in [4.69, 9.17) is 0 Å². The Morgan fingerprint density at radius 2 is 1.89 bits per heavy atom. The number of nitrogens with zero attached hydrogens (tertiary/aromatic N) is 1. The molecule has 1 aliphatic rings. The molecule has 1 atom stereocenters. The predicted octanol–water partition coefficient (Wildman–Crippen LogP) is 5.57. The van der Waals surface area contributed by atoms with Crippen molar-refractivity contribution >= 4 is 0 Å². The lowest BCUT2D eigenvalue weighted by atomic mass is 9.91. The van der Waals surface area contributed by atoms with E-state index in [2.05, 4.69) is 30.5 Å². The zero-order valence-corrected chi connectivity index (χ0v) is 16.7. The Morgan fingerprint density at radius 3 is 2.37 bits per heavy atom. The molecule has 1 aromatic carbocycles. The van der Waals surface area contributed by atoms with Crippen LogP contribution in [-0.2, 0) is 11.3 Å². The Morgan fingerprint density at radius 1 is 1.26 bits per heavy atom. The maximum atomic E-state index is 9.84. The van der Waals surface area contributed by atoms with Crippen LogP contribution in [0.25, 0.3) is 0 Å². The van der Waals surface area contributed by atoms with E-state index in [0.717, 1.165) is 11.5 Å². The predicted molar refractivity (Wildman–Crippen MR) is 108 cm³/mol. The Labute approximate surface area is 162 Å². The Kier molecular flexibility index (Phi) is 13.3. The first-order valence-electron chi connectivity index (χ1n) is 9.48. The van der Waals surface area contributed by atoms with Crippen LogP contribution in [0.3, 0.4) is 0 Å². The highest BCUT2D eigenvalue weighted by Crippen LogP contribution is 2.23. The number of allylic oxidation sites excluding steroid dienone is 3. The topological polar surface area (TPSA) is 92.8 Å². The molecule has 0 aromatic heterocycles. The van der Waals surface area contributed by atoms with Crippen molar-refractivity contribution in [3.63, 3.8) is 0 Å². The fraction of sp³-hybridized carbons (Fsp3) is 0.524. The number of aromatic hydroxyl groups is 2. The van der Waals surface area contributed by atoms with E-state index in [1.165, 1.54) is 25.3 Å². The van der Waals surface area contributed by atoms with E-state index in [-0.39, 0.29) is 18.1 Å². The van der Waals surface area contributed by atoms with Gasteiger partial charge in [0.25, 0.3) is 5.09 Å². The van der Waals surface area contributed by atoms with Gasteiger partial charge < -0.3 is 15.1 Å². The zero-order valence-electron chi connectivity index (χ0n) is 16.7. The van der Waals surface area contributed by atoms with E-state index in [0.29, 0.717) is 19.3 Å². The molecule has 1 aromatic rings. The molecule has 0 saturated heterocycles. The Bertz CT molecular complexity index is 578. The van der Waals surface area contributed by atoms with Gasteiger partial charge in [0.15, 0.2) is 0 Å². The minimum absolute atomic E-state index is 0.0107.